The quantitative estimate of drug-likeness (QED) is 0.874. The van der Waals surface area contributed by atoms with Crippen LogP contribution < -0.4 is 11.1 Å². The first-order chi connectivity index (χ1) is 7.54. The van der Waals surface area contributed by atoms with Crippen LogP contribution in [0, 0.1) is 0 Å². The van der Waals surface area contributed by atoms with Crippen LogP contribution in [0.2, 0.25) is 10.0 Å². The molecule has 88 valence electrons. The maximum Gasteiger partial charge on any atom is 0.221 e. The number of rotatable bonds is 4. The molecule has 0 aliphatic rings. The van der Waals surface area contributed by atoms with E-state index in [1.807, 2.05) is 6.92 Å². The monoisotopic (exact) mass is 260 g/mol. The number of amides is 1. The number of nitrogens with two attached hydrogens (primary N) is 1. The fourth-order valence-electron chi connectivity index (χ4n) is 1.38. The first-order valence-corrected chi connectivity index (χ1v) is 5.74. The lowest BCUT2D eigenvalue weighted by Gasteiger charge is -2.15. The smallest absolute Gasteiger partial charge is 0.221 e. The van der Waals surface area contributed by atoms with E-state index in [2.05, 4.69) is 5.32 Å². The number of carbonyl (C=O) groups is 1. The normalized spacial score (nSPS) is 12.2. The van der Waals surface area contributed by atoms with Crippen molar-refractivity contribution in [1.29, 1.82) is 0 Å². The lowest BCUT2D eigenvalue weighted by molar-refractivity contribution is -0.121. The predicted molar refractivity (Wildman–Crippen MR) is 66.7 cm³/mol. The second kappa shape index (κ2) is 6.09. The first kappa shape index (κ1) is 13.3. The summed E-state index contributed by atoms with van der Waals surface area (Å²) in [6, 6.07) is 5.06. The summed E-state index contributed by atoms with van der Waals surface area (Å²) in [6.07, 6.45) is 0.315. The zero-order valence-corrected chi connectivity index (χ0v) is 10.5. The fourth-order valence-corrected chi connectivity index (χ4v) is 1.95. The summed E-state index contributed by atoms with van der Waals surface area (Å²) in [5.41, 5.74) is 6.13. The maximum atomic E-state index is 11.3. The highest BCUT2D eigenvalue weighted by Crippen LogP contribution is 2.25. The third-order valence-corrected chi connectivity index (χ3v) is 2.74. The lowest BCUT2D eigenvalue weighted by Crippen LogP contribution is -2.28. The van der Waals surface area contributed by atoms with Crippen molar-refractivity contribution in [1.82, 2.24) is 5.32 Å². The minimum Gasteiger partial charge on any atom is -0.349 e. The highest BCUT2D eigenvalue weighted by Gasteiger charge is 2.12. The molecular weight excluding hydrogens is 247 g/mol. The van der Waals surface area contributed by atoms with Crippen LogP contribution in [0.15, 0.2) is 18.2 Å². The van der Waals surface area contributed by atoms with Gasteiger partial charge in [0.2, 0.25) is 5.91 Å². The molecule has 5 heteroatoms. The molecule has 1 aromatic rings. The van der Waals surface area contributed by atoms with Gasteiger partial charge < -0.3 is 11.1 Å². The summed E-state index contributed by atoms with van der Waals surface area (Å²) in [5.74, 6) is -0.0824. The van der Waals surface area contributed by atoms with E-state index < -0.39 is 0 Å². The molecular formula is C11H14Cl2N2O. The van der Waals surface area contributed by atoms with Crippen LogP contribution in [0.4, 0.5) is 0 Å². The van der Waals surface area contributed by atoms with E-state index in [4.69, 9.17) is 28.9 Å². The van der Waals surface area contributed by atoms with Crippen LogP contribution in [0.5, 0.6) is 0 Å². The van der Waals surface area contributed by atoms with Gasteiger partial charge in [0.15, 0.2) is 0 Å². The number of benzene rings is 1. The van der Waals surface area contributed by atoms with Gasteiger partial charge in [-0.05, 0) is 24.6 Å². The molecule has 3 N–H and O–H groups in total. The Morgan fingerprint density at radius 3 is 2.75 bits per heavy atom. The Kier molecular flexibility index (Phi) is 5.06. The van der Waals surface area contributed by atoms with Gasteiger partial charge in [0, 0.05) is 23.0 Å². The lowest BCUT2D eigenvalue weighted by atomic mass is 10.1. The van der Waals surface area contributed by atoms with Crippen molar-refractivity contribution in [2.75, 3.05) is 6.54 Å². The minimum atomic E-state index is -0.149. The zero-order valence-electron chi connectivity index (χ0n) is 8.97. The van der Waals surface area contributed by atoms with Gasteiger partial charge in [-0.2, -0.15) is 0 Å². The molecule has 0 bridgehead atoms. The molecule has 0 fully saturated rings. The van der Waals surface area contributed by atoms with Crippen LogP contribution >= 0.6 is 23.2 Å². The number of hydrogen-bond donors (Lipinski definition) is 2. The molecule has 3 nitrogen and oxygen atoms in total. The van der Waals surface area contributed by atoms with E-state index in [9.17, 15) is 4.79 Å². The Bertz CT molecular complexity index is 382. The van der Waals surface area contributed by atoms with Gasteiger partial charge in [-0.15, -0.1) is 0 Å². The second-order valence-electron chi connectivity index (χ2n) is 3.49. The second-order valence-corrected chi connectivity index (χ2v) is 4.34. The third-order valence-electron chi connectivity index (χ3n) is 2.18. The van der Waals surface area contributed by atoms with E-state index in [1.165, 1.54) is 0 Å². The van der Waals surface area contributed by atoms with E-state index in [-0.39, 0.29) is 11.9 Å². The largest absolute Gasteiger partial charge is 0.349 e. The molecule has 1 atom stereocenters. The Morgan fingerprint density at radius 1 is 1.50 bits per heavy atom. The van der Waals surface area contributed by atoms with Crippen LogP contribution in [0.1, 0.15) is 24.9 Å². The van der Waals surface area contributed by atoms with Crippen molar-refractivity contribution in [2.24, 2.45) is 5.73 Å². The molecule has 0 radical (unpaired) electrons. The number of halogens is 2. The Hall–Kier alpha value is -0.770. The van der Waals surface area contributed by atoms with Crippen LogP contribution in [-0.2, 0) is 4.79 Å². The highest BCUT2D eigenvalue weighted by atomic mass is 35.5. The number of nitrogens with one attached hydrogen (secondary N) is 1. The minimum absolute atomic E-state index is 0.0824. The molecule has 1 unspecified atom stereocenters. The van der Waals surface area contributed by atoms with Gasteiger partial charge in [-0.1, -0.05) is 29.3 Å². The molecule has 1 rings (SSSR count). The Labute approximate surface area is 105 Å². The SMILES string of the molecule is CC(NC(=O)CCN)c1ccc(Cl)cc1Cl. The van der Waals surface area contributed by atoms with Gasteiger partial charge in [-0.25, -0.2) is 0 Å². The number of hydrogen-bond acceptors (Lipinski definition) is 2. The van der Waals surface area contributed by atoms with Gasteiger partial charge in [0.1, 0.15) is 0 Å². The van der Waals surface area contributed by atoms with Gasteiger partial charge in [-0.3, -0.25) is 4.79 Å². The van der Waals surface area contributed by atoms with E-state index >= 15 is 0 Å². The van der Waals surface area contributed by atoms with Crippen molar-refractivity contribution in [3.05, 3.63) is 33.8 Å². The predicted octanol–water partition coefficient (Wildman–Crippen LogP) is 2.52. The van der Waals surface area contributed by atoms with E-state index in [0.29, 0.717) is 23.0 Å². The van der Waals surface area contributed by atoms with Gasteiger partial charge in [0.05, 0.1) is 6.04 Å². The topological polar surface area (TPSA) is 55.1 Å². The molecule has 0 aliphatic carbocycles. The molecule has 0 saturated heterocycles. The molecule has 0 aromatic heterocycles. The maximum absolute atomic E-state index is 11.3. The first-order valence-electron chi connectivity index (χ1n) is 4.99. The van der Waals surface area contributed by atoms with E-state index in [1.54, 1.807) is 18.2 Å². The summed E-state index contributed by atoms with van der Waals surface area (Å²) >= 11 is 11.8. The average molecular weight is 261 g/mol. The van der Waals surface area contributed by atoms with Gasteiger partial charge in [0.25, 0.3) is 0 Å². The van der Waals surface area contributed by atoms with Crippen molar-refractivity contribution < 1.29 is 4.79 Å². The molecule has 0 heterocycles. The summed E-state index contributed by atoms with van der Waals surface area (Å²) in [7, 11) is 0. The van der Waals surface area contributed by atoms with Gasteiger partial charge >= 0.3 is 0 Å². The van der Waals surface area contributed by atoms with Crippen molar-refractivity contribution in [2.45, 2.75) is 19.4 Å². The Morgan fingerprint density at radius 2 is 2.19 bits per heavy atom. The van der Waals surface area contributed by atoms with E-state index in [0.717, 1.165) is 5.56 Å². The summed E-state index contributed by atoms with van der Waals surface area (Å²) < 4.78 is 0. The molecule has 0 saturated carbocycles. The highest BCUT2D eigenvalue weighted by molar-refractivity contribution is 6.35. The molecule has 16 heavy (non-hydrogen) atoms. The van der Waals surface area contributed by atoms with Crippen LogP contribution in [-0.4, -0.2) is 12.5 Å². The molecule has 0 spiro atoms. The molecule has 0 aliphatic heterocycles. The Balaban J connectivity index is 2.72. The summed E-state index contributed by atoms with van der Waals surface area (Å²) in [6.45, 7) is 2.20. The van der Waals surface area contributed by atoms with Crippen molar-refractivity contribution >= 4 is 29.1 Å². The third kappa shape index (κ3) is 3.67. The zero-order chi connectivity index (χ0) is 12.1. The van der Waals surface area contributed by atoms with Crippen LogP contribution in [0.3, 0.4) is 0 Å². The summed E-state index contributed by atoms with van der Waals surface area (Å²) in [5, 5.41) is 3.94. The van der Waals surface area contributed by atoms with Crippen LogP contribution in [0.25, 0.3) is 0 Å². The number of carbonyl (C=O) groups excluding carboxylic acids is 1. The standard InChI is InChI=1S/C11H14Cl2N2O/c1-7(15-11(16)4-5-14)9-3-2-8(12)6-10(9)13/h2-3,6-7H,4-5,14H2,1H3,(H,15,16). The average Bonchev–Trinajstić information content (AvgIpc) is 2.17. The molecule has 1 aromatic carbocycles. The molecule has 1 amide bonds. The summed E-state index contributed by atoms with van der Waals surface area (Å²) in [4.78, 5) is 11.3. The van der Waals surface area contributed by atoms with Crippen molar-refractivity contribution in [3.8, 4) is 0 Å². The van der Waals surface area contributed by atoms with Crippen molar-refractivity contribution in [3.63, 3.8) is 0 Å². The fraction of sp³-hybridized carbons (Fsp3) is 0.364.